The van der Waals surface area contributed by atoms with Gasteiger partial charge < -0.3 is 14.5 Å². The van der Waals surface area contributed by atoms with Gasteiger partial charge in [0.2, 0.25) is 0 Å². The molecule has 0 N–H and O–H groups in total. The molecule has 0 saturated carbocycles. The Morgan fingerprint density at radius 1 is 1.31 bits per heavy atom. The number of ether oxygens (including phenoxy) is 1. The lowest BCUT2D eigenvalue weighted by molar-refractivity contribution is -0.134. The molecule has 1 fully saturated rings. The van der Waals surface area contributed by atoms with Crippen LogP contribution >= 0.6 is 0 Å². The highest BCUT2D eigenvalue weighted by molar-refractivity contribution is 5.82. The van der Waals surface area contributed by atoms with Crippen LogP contribution in [0.2, 0.25) is 0 Å². The highest BCUT2D eigenvalue weighted by Gasteiger charge is 2.20. The molecule has 0 atom stereocenters. The molecular formula is C11H18N2O3. The standard InChI is InChI=1S/C11H18N2O3/c1-12(2)11(15)13-6-4-9(5-7-13)8-10(14)16-3/h8H,4-7H2,1-3H3. The second kappa shape index (κ2) is 5.53. The Hall–Kier alpha value is -1.52. The van der Waals surface area contributed by atoms with Crippen molar-refractivity contribution in [3.05, 3.63) is 11.6 Å². The first-order valence-electron chi connectivity index (χ1n) is 5.28. The number of methoxy groups -OCH3 is 1. The summed E-state index contributed by atoms with van der Waals surface area (Å²) in [6.45, 7) is 1.33. The van der Waals surface area contributed by atoms with Gasteiger partial charge in [0, 0.05) is 33.3 Å². The van der Waals surface area contributed by atoms with Crippen molar-refractivity contribution in [3.63, 3.8) is 0 Å². The van der Waals surface area contributed by atoms with Crippen LogP contribution in [0.3, 0.4) is 0 Å². The molecule has 16 heavy (non-hydrogen) atoms. The average molecular weight is 226 g/mol. The molecule has 0 radical (unpaired) electrons. The molecule has 0 aliphatic carbocycles. The van der Waals surface area contributed by atoms with Gasteiger partial charge in [-0.1, -0.05) is 5.57 Å². The zero-order valence-electron chi connectivity index (χ0n) is 10.0. The summed E-state index contributed by atoms with van der Waals surface area (Å²) in [5, 5.41) is 0. The summed E-state index contributed by atoms with van der Waals surface area (Å²) in [4.78, 5) is 26.0. The van der Waals surface area contributed by atoms with E-state index in [9.17, 15) is 9.59 Å². The highest BCUT2D eigenvalue weighted by atomic mass is 16.5. The Labute approximate surface area is 95.6 Å². The van der Waals surface area contributed by atoms with E-state index in [1.54, 1.807) is 23.9 Å². The first-order chi connectivity index (χ1) is 7.54. The number of rotatable bonds is 1. The molecule has 2 amide bonds. The summed E-state index contributed by atoms with van der Waals surface area (Å²) < 4.78 is 4.56. The molecular weight excluding hydrogens is 208 g/mol. The number of amides is 2. The van der Waals surface area contributed by atoms with Crippen molar-refractivity contribution in [2.75, 3.05) is 34.3 Å². The maximum absolute atomic E-state index is 11.6. The van der Waals surface area contributed by atoms with Gasteiger partial charge in [0.05, 0.1) is 7.11 Å². The van der Waals surface area contributed by atoms with Crippen LogP contribution in [-0.4, -0.2) is 56.1 Å². The van der Waals surface area contributed by atoms with Crippen LogP contribution in [0.1, 0.15) is 12.8 Å². The molecule has 0 aromatic carbocycles. The van der Waals surface area contributed by atoms with E-state index in [1.807, 2.05) is 0 Å². The van der Waals surface area contributed by atoms with Crippen molar-refractivity contribution in [3.8, 4) is 0 Å². The normalized spacial score (nSPS) is 15.7. The fourth-order valence-electron chi connectivity index (χ4n) is 1.64. The molecule has 0 bridgehead atoms. The van der Waals surface area contributed by atoms with Gasteiger partial charge in [0.25, 0.3) is 0 Å². The van der Waals surface area contributed by atoms with Gasteiger partial charge >= 0.3 is 12.0 Å². The van der Waals surface area contributed by atoms with Crippen molar-refractivity contribution in [1.29, 1.82) is 0 Å². The van der Waals surface area contributed by atoms with E-state index in [1.165, 1.54) is 13.2 Å². The summed E-state index contributed by atoms with van der Waals surface area (Å²) in [6.07, 6.45) is 3.01. The van der Waals surface area contributed by atoms with E-state index in [-0.39, 0.29) is 12.0 Å². The van der Waals surface area contributed by atoms with Crippen molar-refractivity contribution in [1.82, 2.24) is 9.80 Å². The molecule has 1 saturated heterocycles. The molecule has 1 heterocycles. The highest BCUT2D eigenvalue weighted by Crippen LogP contribution is 2.16. The predicted molar refractivity (Wildman–Crippen MR) is 60.0 cm³/mol. The summed E-state index contributed by atoms with van der Waals surface area (Å²) in [6, 6.07) is 0.0251. The molecule has 0 unspecified atom stereocenters. The quantitative estimate of drug-likeness (QED) is 0.492. The monoisotopic (exact) mass is 226 g/mol. The van der Waals surface area contributed by atoms with E-state index in [4.69, 9.17) is 0 Å². The summed E-state index contributed by atoms with van der Waals surface area (Å²) in [5.74, 6) is -0.317. The van der Waals surface area contributed by atoms with Crippen molar-refractivity contribution in [2.45, 2.75) is 12.8 Å². The molecule has 1 rings (SSSR count). The van der Waals surface area contributed by atoms with Crippen LogP contribution in [0.4, 0.5) is 4.79 Å². The van der Waals surface area contributed by atoms with Gasteiger partial charge in [-0.25, -0.2) is 9.59 Å². The van der Waals surface area contributed by atoms with Crippen molar-refractivity contribution < 1.29 is 14.3 Å². The summed E-state index contributed by atoms with van der Waals surface area (Å²) >= 11 is 0. The number of nitrogens with zero attached hydrogens (tertiary/aromatic N) is 2. The van der Waals surface area contributed by atoms with Crippen LogP contribution in [0.5, 0.6) is 0 Å². The van der Waals surface area contributed by atoms with Gasteiger partial charge in [-0.3, -0.25) is 0 Å². The first kappa shape index (κ1) is 12.5. The Kier molecular flexibility index (Phi) is 4.34. The third-order valence-corrected chi connectivity index (χ3v) is 2.58. The van der Waals surface area contributed by atoms with Crippen LogP contribution in [-0.2, 0) is 9.53 Å². The molecule has 0 aromatic heterocycles. The number of urea groups is 1. The minimum absolute atomic E-state index is 0.0251. The van der Waals surface area contributed by atoms with Crippen molar-refractivity contribution >= 4 is 12.0 Å². The lowest BCUT2D eigenvalue weighted by atomic mass is 10.0. The van der Waals surface area contributed by atoms with Gasteiger partial charge in [0.15, 0.2) is 0 Å². The maximum Gasteiger partial charge on any atom is 0.330 e. The minimum atomic E-state index is -0.317. The molecule has 5 heteroatoms. The Balaban J connectivity index is 2.48. The van der Waals surface area contributed by atoms with Crippen LogP contribution < -0.4 is 0 Å². The minimum Gasteiger partial charge on any atom is -0.466 e. The smallest absolute Gasteiger partial charge is 0.330 e. The lowest BCUT2D eigenvalue weighted by Gasteiger charge is -2.30. The van der Waals surface area contributed by atoms with E-state index in [0.29, 0.717) is 13.1 Å². The van der Waals surface area contributed by atoms with Crippen LogP contribution in [0.25, 0.3) is 0 Å². The molecule has 0 aromatic rings. The zero-order valence-corrected chi connectivity index (χ0v) is 10.0. The largest absolute Gasteiger partial charge is 0.466 e. The molecule has 1 aliphatic rings. The first-order valence-corrected chi connectivity index (χ1v) is 5.28. The Morgan fingerprint density at radius 3 is 2.31 bits per heavy atom. The molecule has 0 spiro atoms. The molecule has 1 aliphatic heterocycles. The second-order valence-electron chi connectivity index (χ2n) is 3.99. The van der Waals surface area contributed by atoms with Crippen LogP contribution in [0, 0.1) is 0 Å². The summed E-state index contributed by atoms with van der Waals surface area (Å²) in [7, 11) is 4.84. The number of carbonyl (C=O) groups is 2. The van der Waals surface area contributed by atoms with E-state index >= 15 is 0 Å². The topological polar surface area (TPSA) is 49.9 Å². The summed E-state index contributed by atoms with van der Waals surface area (Å²) in [5.41, 5.74) is 1.05. The third-order valence-electron chi connectivity index (χ3n) is 2.58. The maximum atomic E-state index is 11.6. The molecule has 90 valence electrons. The number of piperidine rings is 1. The number of esters is 1. The van der Waals surface area contributed by atoms with E-state index in [0.717, 1.165) is 18.4 Å². The number of likely N-dealkylation sites (tertiary alicyclic amines) is 1. The van der Waals surface area contributed by atoms with Crippen molar-refractivity contribution in [2.24, 2.45) is 0 Å². The average Bonchev–Trinajstić information content (AvgIpc) is 2.28. The van der Waals surface area contributed by atoms with Gasteiger partial charge in [-0.2, -0.15) is 0 Å². The molecule has 5 nitrogen and oxygen atoms in total. The van der Waals surface area contributed by atoms with Gasteiger partial charge in [-0.05, 0) is 12.8 Å². The fourth-order valence-corrected chi connectivity index (χ4v) is 1.64. The van der Waals surface area contributed by atoms with E-state index in [2.05, 4.69) is 4.74 Å². The van der Waals surface area contributed by atoms with Crippen LogP contribution in [0.15, 0.2) is 11.6 Å². The zero-order chi connectivity index (χ0) is 12.1. The van der Waals surface area contributed by atoms with Gasteiger partial charge in [0.1, 0.15) is 0 Å². The third kappa shape index (κ3) is 3.25. The Morgan fingerprint density at radius 2 is 1.88 bits per heavy atom. The second-order valence-corrected chi connectivity index (χ2v) is 3.99. The number of hydrogen-bond donors (Lipinski definition) is 0. The predicted octanol–water partition coefficient (Wildman–Crippen LogP) is 0.863. The Bertz CT molecular complexity index is 300. The number of hydrogen-bond acceptors (Lipinski definition) is 3. The number of carbonyl (C=O) groups excluding carboxylic acids is 2. The lowest BCUT2D eigenvalue weighted by Crippen LogP contribution is -2.42. The fraction of sp³-hybridized carbons (Fsp3) is 0.636. The van der Waals surface area contributed by atoms with Gasteiger partial charge in [-0.15, -0.1) is 0 Å². The SMILES string of the molecule is COC(=O)C=C1CCN(C(=O)N(C)C)CC1. The van der Waals surface area contributed by atoms with E-state index < -0.39 is 0 Å².